The van der Waals surface area contributed by atoms with E-state index in [2.05, 4.69) is 6.58 Å². The molecular weight excluding hydrogens is 194 g/mol. The lowest BCUT2D eigenvalue weighted by atomic mass is 10.1. The van der Waals surface area contributed by atoms with E-state index in [9.17, 15) is 4.79 Å². The highest BCUT2D eigenvalue weighted by atomic mass is 32.2. The van der Waals surface area contributed by atoms with Gasteiger partial charge in [-0.15, -0.1) is 6.58 Å². The zero-order chi connectivity index (χ0) is 10.4. The van der Waals surface area contributed by atoms with Gasteiger partial charge in [0, 0.05) is 17.9 Å². The fraction of sp³-hybridized carbons (Fsp3) is 0.182. The summed E-state index contributed by atoms with van der Waals surface area (Å²) in [6.45, 7) is 3.56. The number of carbonyl (C=O) groups excluding carboxylic acids is 1. The molecule has 0 radical (unpaired) electrons. The first-order valence-electron chi connectivity index (χ1n) is 4.33. The molecule has 0 amide bonds. The van der Waals surface area contributed by atoms with Gasteiger partial charge in [0.1, 0.15) is 0 Å². The van der Waals surface area contributed by atoms with Crippen molar-refractivity contribution < 1.29 is 4.79 Å². The van der Waals surface area contributed by atoms with Crippen LogP contribution in [0.5, 0.6) is 0 Å². The Morgan fingerprint density at radius 2 is 2.36 bits per heavy atom. The number of thioether (sulfide) groups is 1. The van der Waals surface area contributed by atoms with Gasteiger partial charge in [0.25, 0.3) is 0 Å². The third-order valence-corrected chi connectivity index (χ3v) is 2.53. The first kappa shape index (κ1) is 10.9. The Morgan fingerprint density at radius 1 is 1.57 bits per heavy atom. The fourth-order valence-corrected chi connectivity index (χ4v) is 1.65. The first-order valence-corrected chi connectivity index (χ1v) is 5.32. The zero-order valence-corrected chi connectivity index (χ0v) is 8.72. The van der Waals surface area contributed by atoms with Crippen molar-refractivity contribution in [2.75, 3.05) is 11.5 Å². The average Bonchev–Trinajstić information content (AvgIpc) is 2.15. The monoisotopic (exact) mass is 207 g/mol. The topological polar surface area (TPSA) is 43.1 Å². The molecule has 0 saturated carbocycles. The number of carbonyl (C=O) groups is 1. The number of hydrogen-bond acceptors (Lipinski definition) is 3. The summed E-state index contributed by atoms with van der Waals surface area (Å²) in [7, 11) is 0. The maximum Gasteiger partial charge on any atom is 0.193 e. The Bertz CT molecular complexity index is 336. The lowest BCUT2D eigenvalue weighted by molar-refractivity contribution is -0.110. The van der Waals surface area contributed by atoms with Crippen molar-refractivity contribution in [3.63, 3.8) is 0 Å². The molecule has 0 spiro atoms. The van der Waals surface area contributed by atoms with Crippen LogP contribution in [-0.2, 0) is 11.2 Å². The Balaban J connectivity index is 2.51. The van der Waals surface area contributed by atoms with Gasteiger partial charge in [-0.2, -0.15) is 0 Å². The molecule has 1 aromatic rings. The van der Waals surface area contributed by atoms with Crippen LogP contribution in [0.4, 0.5) is 5.69 Å². The normalized spacial score (nSPS) is 9.71. The van der Waals surface area contributed by atoms with Gasteiger partial charge in [-0.1, -0.05) is 30.0 Å². The highest BCUT2D eigenvalue weighted by molar-refractivity contribution is 8.13. The van der Waals surface area contributed by atoms with E-state index in [1.807, 2.05) is 24.3 Å². The van der Waals surface area contributed by atoms with Gasteiger partial charge >= 0.3 is 0 Å². The Hall–Kier alpha value is -1.22. The second kappa shape index (κ2) is 5.50. The summed E-state index contributed by atoms with van der Waals surface area (Å²) in [6.07, 6.45) is 2.16. The zero-order valence-electron chi connectivity index (χ0n) is 7.90. The van der Waals surface area contributed by atoms with Gasteiger partial charge < -0.3 is 5.73 Å². The van der Waals surface area contributed by atoms with Gasteiger partial charge in [0.15, 0.2) is 5.12 Å². The number of nitrogens with two attached hydrogens (primary N) is 1. The lowest BCUT2D eigenvalue weighted by Crippen LogP contribution is -1.98. The summed E-state index contributed by atoms with van der Waals surface area (Å²) in [5.74, 6) is 0.668. The molecule has 0 saturated heterocycles. The van der Waals surface area contributed by atoms with Crippen molar-refractivity contribution in [2.45, 2.75) is 6.42 Å². The second-order valence-corrected chi connectivity index (χ2v) is 3.97. The second-order valence-electron chi connectivity index (χ2n) is 2.89. The highest BCUT2D eigenvalue weighted by Crippen LogP contribution is 2.11. The molecular formula is C11H13NOS. The molecule has 74 valence electrons. The van der Waals surface area contributed by atoms with E-state index in [0.717, 1.165) is 5.56 Å². The smallest absolute Gasteiger partial charge is 0.193 e. The molecule has 0 aromatic heterocycles. The Labute approximate surface area is 88.2 Å². The van der Waals surface area contributed by atoms with Crippen molar-refractivity contribution in [3.8, 4) is 0 Å². The molecule has 0 aliphatic rings. The van der Waals surface area contributed by atoms with Gasteiger partial charge in [-0.25, -0.2) is 0 Å². The molecule has 0 heterocycles. The number of anilines is 1. The minimum atomic E-state index is 0.149. The number of hydrogen-bond donors (Lipinski definition) is 1. The molecule has 2 N–H and O–H groups in total. The van der Waals surface area contributed by atoms with E-state index in [-0.39, 0.29) is 5.12 Å². The highest BCUT2D eigenvalue weighted by Gasteiger charge is 2.03. The van der Waals surface area contributed by atoms with Crippen LogP contribution >= 0.6 is 11.8 Å². The molecule has 14 heavy (non-hydrogen) atoms. The number of nitrogen functional groups attached to an aromatic ring is 1. The summed E-state index contributed by atoms with van der Waals surface area (Å²) >= 11 is 1.28. The van der Waals surface area contributed by atoms with Crippen LogP contribution in [0, 0.1) is 0 Å². The van der Waals surface area contributed by atoms with E-state index in [0.29, 0.717) is 17.9 Å². The van der Waals surface area contributed by atoms with Crippen molar-refractivity contribution in [3.05, 3.63) is 42.5 Å². The van der Waals surface area contributed by atoms with Gasteiger partial charge in [-0.3, -0.25) is 4.79 Å². The largest absolute Gasteiger partial charge is 0.399 e. The molecule has 0 aliphatic carbocycles. The van der Waals surface area contributed by atoms with E-state index >= 15 is 0 Å². The Kier molecular flexibility index (Phi) is 4.26. The van der Waals surface area contributed by atoms with E-state index in [1.165, 1.54) is 11.8 Å². The minimum absolute atomic E-state index is 0.149. The fourth-order valence-electron chi connectivity index (χ4n) is 1.07. The van der Waals surface area contributed by atoms with Gasteiger partial charge in [0.05, 0.1) is 0 Å². The van der Waals surface area contributed by atoms with Gasteiger partial charge in [-0.05, 0) is 17.7 Å². The molecule has 0 fully saturated rings. The molecule has 0 bridgehead atoms. The number of benzene rings is 1. The van der Waals surface area contributed by atoms with Crippen molar-refractivity contribution >= 4 is 22.6 Å². The van der Waals surface area contributed by atoms with Crippen LogP contribution in [-0.4, -0.2) is 10.9 Å². The summed E-state index contributed by atoms with van der Waals surface area (Å²) < 4.78 is 0. The third kappa shape index (κ3) is 3.66. The SMILES string of the molecule is C=CCSC(=O)Cc1cccc(N)c1. The van der Waals surface area contributed by atoms with Gasteiger partial charge in [0.2, 0.25) is 0 Å². The van der Waals surface area contributed by atoms with E-state index in [4.69, 9.17) is 5.73 Å². The molecule has 0 unspecified atom stereocenters. The molecule has 1 rings (SSSR count). The lowest BCUT2D eigenvalue weighted by Gasteiger charge is -2.00. The predicted octanol–water partition coefficient (Wildman–Crippen LogP) is 2.26. The summed E-state index contributed by atoms with van der Waals surface area (Å²) in [5.41, 5.74) is 7.26. The number of rotatable bonds is 4. The van der Waals surface area contributed by atoms with E-state index in [1.54, 1.807) is 6.08 Å². The molecule has 1 aromatic carbocycles. The standard InChI is InChI=1S/C11H13NOS/c1-2-6-14-11(13)8-9-4-3-5-10(12)7-9/h2-5,7H,1,6,8,12H2. The van der Waals surface area contributed by atoms with Crippen LogP contribution in [0.25, 0.3) is 0 Å². The maximum atomic E-state index is 11.4. The van der Waals surface area contributed by atoms with Crippen molar-refractivity contribution in [1.82, 2.24) is 0 Å². The molecule has 0 aliphatic heterocycles. The van der Waals surface area contributed by atoms with Crippen LogP contribution in [0.15, 0.2) is 36.9 Å². The quantitative estimate of drug-likeness (QED) is 0.608. The minimum Gasteiger partial charge on any atom is -0.399 e. The molecule has 0 atom stereocenters. The van der Waals surface area contributed by atoms with Crippen molar-refractivity contribution in [2.24, 2.45) is 0 Å². The molecule has 2 nitrogen and oxygen atoms in total. The summed E-state index contributed by atoms with van der Waals surface area (Å²) in [5, 5.41) is 0.149. The van der Waals surface area contributed by atoms with Crippen LogP contribution in [0.3, 0.4) is 0 Å². The average molecular weight is 207 g/mol. The van der Waals surface area contributed by atoms with E-state index < -0.39 is 0 Å². The maximum absolute atomic E-state index is 11.4. The Morgan fingerprint density at radius 3 is 3.00 bits per heavy atom. The summed E-state index contributed by atoms with van der Waals surface area (Å²) in [6, 6.07) is 7.40. The summed E-state index contributed by atoms with van der Waals surface area (Å²) in [4.78, 5) is 11.4. The van der Waals surface area contributed by atoms with Crippen LogP contribution in [0.1, 0.15) is 5.56 Å². The van der Waals surface area contributed by atoms with Crippen molar-refractivity contribution in [1.29, 1.82) is 0 Å². The van der Waals surface area contributed by atoms with Crippen LogP contribution < -0.4 is 5.73 Å². The molecule has 3 heteroatoms. The third-order valence-electron chi connectivity index (χ3n) is 1.66. The first-order chi connectivity index (χ1) is 6.72. The van der Waals surface area contributed by atoms with Crippen LogP contribution in [0.2, 0.25) is 0 Å². The predicted molar refractivity (Wildman–Crippen MR) is 62.2 cm³/mol.